The molecule has 2 heteroatoms. The lowest BCUT2D eigenvalue weighted by Gasteiger charge is -2.35. The Morgan fingerprint density at radius 2 is 1.06 bits per heavy atom. The van der Waals surface area contributed by atoms with Crippen LogP contribution in [-0.2, 0) is 4.74 Å². The monoisotopic (exact) mass is 449 g/mol. The third kappa shape index (κ3) is 16.1. The van der Waals surface area contributed by atoms with Gasteiger partial charge in [0.1, 0.15) is 6.10 Å². The van der Waals surface area contributed by atoms with Crippen molar-refractivity contribution in [3.8, 4) is 0 Å². The van der Waals surface area contributed by atoms with Crippen molar-refractivity contribution in [3.63, 3.8) is 0 Å². The predicted octanol–water partition coefficient (Wildman–Crippen LogP) is 10.6. The summed E-state index contributed by atoms with van der Waals surface area (Å²) in [5.74, 6) is 0.933. The molecule has 0 saturated carbocycles. The Labute approximate surface area is 202 Å². The van der Waals surface area contributed by atoms with Crippen LogP contribution >= 0.6 is 0 Å². The number of aliphatic imine (C=N–C) groups is 1. The van der Waals surface area contributed by atoms with Gasteiger partial charge in [-0.3, -0.25) is 0 Å². The average Bonchev–Trinajstić information content (AvgIpc) is 2.76. The van der Waals surface area contributed by atoms with Gasteiger partial charge >= 0.3 is 0 Å². The minimum Gasteiger partial charge on any atom is -0.478 e. The number of nitrogens with zero attached hydrogens (tertiary/aromatic N) is 1. The molecule has 0 spiro atoms. The van der Waals surface area contributed by atoms with E-state index >= 15 is 0 Å². The van der Waals surface area contributed by atoms with Crippen LogP contribution in [0.25, 0.3) is 0 Å². The highest BCUT2D eigenvalue weighted by Crippen LogP contribution is 2.32. The normalized spacial score (nSPS) is 20.9. The molecular formula is C30H59NO. The quantitative estimate of drug-likeness (QED) is 0.151. The molecule has 2 unspecified atom stereocenters. The second-order valence-electron chi connectivity index (χ2n) is 11.0. The summed E-state index contributed by atoms with van der Waals surface area (Å²) >= 11 is 0. The molecule has 0 N–H and O–H groups in total. The van der Waals surface area contributed by atoms with Crippen LogP contribution in [0, 0.1) is 0 Å². The van der Waals surface area contributed by atoms with Gasteiger partial charge in [0.15, 0.2) is 5.90 Å². The van der Waals surface area contributed by atoms with Crippen molar-refractivity contribution < 1.29 is 4.74 Å². The third-order valence-electron chi connectivity index (χ3n) is 7.38. The van der Waals surface area contributed by atoms with Crippen LogP contribution < -0.4 is 0 Å². The summed E-state index contributed by atoms with van der Waals surface area (Å²) in [7, 11) is 0. The maximum absolute atomic E-state index is 6.11. The van der Waals surface area contributed by atoms with Crippen molar-refractivity contribution in [1.82, 2.24) is 0 Å². The Bertz CT molecular complexity index is 446. The van der Waals surface area contributed by atoms with E-state index in [0.29, 0.717) is 6.10 Å². The molecule has 0 fully saturated rings. The summed E-state index contributed by atoms with van der Waals surface area (Å²) in [5, 5.41) is 0. The summed E-state index contributed by atoms with van der Waals surface area (Å²) < 4.78 is 6.11. The van der Waals surface area contributed by atoms with E-state index in [2.05, 4.69) is 27.7 Å². The van der Waals surface area contributed by atoms with Crippen LogP contribution in [0.3, 0.4) is 0 Å². The van der Waals surface area contributed by atoms with E-state index in [0.717, 1.165) is 12.3 Å². The van der Waals surface area contributed by atoms with Crippen molar-refractivity contribution in [2.45, 2.75) is 187 Å². The van der Waals surface area contributed by atoms with Gasteiger partial charge in [-0.25, -0.2) is 4.99 Å². The van der Waals surface area contributed by atoms with Gasteiger partial charge in [0, 0.05) is 13.3 Å². The minimum absolute atomic E-state index is 0.117. The standard InChI is InChI=1S/C30H59NO/c1-5-7-9-11-13-15-17-19-21-23-25-29-27-30(4,31-28(3)32-29)26-24-22-20-18-16-14-12-10-8-6-2/h29H,5-27H2,1-4H3. The largest absolute Gasteiger partial charge is 0.478 e. The summed E-state index contributed by atoms with van der Waals surface area (Å²) in [4.78, 5) is 4.93. The molecule has 2 nitrogen and oxygen atoms in total. The number of ether oxygens (including phenoxy) is 1. The fourth-order valence-corrected chi connectivity index (χ4v) is 5.40. The molecule has 1 aliphatic heterocycles. The van der Waals surface area contributed by atoms with E-state index < -0.39 is 0 Å². The fraction of sp³-hybridized carbons (Fsp3) is 0.967. The number of hydrogen-bond acceptors (Lipinski definition) is 2. The van der Waals surface area contributed by atoms with Crippen molar-refractivity contribution in [2.24, 2.45) is 4.99 Å². The number of rotatable bonds is 22. The SMILES string of the molecule is CCCCCCCCCCCCC1CC(C)(CCCCCCCCCCCC)N=C(C)O1. The molecule has 0 bridgehead atoms. The molecule has 0 amide bonds. The molecule has 1 aliphatic rings. The van der Waals surface area contributed by atoms with E-state index in [4.69, 9.17) is 9.73 Å². The summed E-state index contributed by atoms with van der Waals surface area (Å²) in [6.45, 7) is 9.04. The molecule has 0 aliphatic carbocycles. The Morgan fingerprint density at radius 1 is 0.656 bits per heavy atom. The lowest BCUT2D eigenvalue weighted by atomic mass is 9.86. The second kappa shape index (κ2) is 19.9. The van der Waals surface area contributed by atoms with Gasteiger partial charge < -0.3 is 4.74 Å². The first-order chi connectivity index (χ1) is 15.6. The summed E-state index contributed by atoms with van der Waals surface area (Å²) in [5.41, 5.74) is 0.117. The van der Waals surface area contributed by atoms with Crippen molar-refractivity contribution >= 4 is 5.90 Å². The van der Waals surface area contributed by atoms with Gasteiger partial charge in [-0.1, -0.05) is 136 Å². The number of hydrogen-bond donors (Lipinski definition) is 0. The molecule has 32 heavy (non-hydrogen) atoms. The first-order valence-electron chi connectivity index (χ1n) is 14.8. The molecule has 190 valence electrons. The average molecular weight is 450 g/mol. The van der Waals surface area contributed by atoms with E-state index in [1.54, 1.807) is 0 Å². The van der Waals surface area contributed by atoms with Crippen LogP contribution in [-0.4, -0.2) is 17.5 Å². The molecule has 1 rings (SSSR count). The molecule has 0 aromatic heterocycles. The van der Waals surface area contributed by atoms with Crippen molar-refractivity contribution in [1.29, 1.82) is 0 Å². The van der Waals surface area contributed by atoms with Gasteiger partial charge in [-0.05, 0) is 26.2 Å². The number of unbranched alkanes of at least 4 members (excludes halogenated alkanes) is 18. The van der Waals surface area contributed by atoms with Crippen LogP contribution in [0.4, 0.5) is 0 Å². The van der Waals surface area contributed by atoms with Gasteiger partial charge in [0.05, 0.1) is 5.54 Å². The topological polar surface area (TPSA) is 21.6 Å². The fourth-order valence-electron chi connectivity index (χ4n) is 5.40. The molecule has 0 aromatic carbocycles. The highest BCUT2D eigenvalue weighted by Gasteiger charge is 2.32. The van der Waals surface area contributed by atoms with Crippen LogP contribution in [0.2, 0.25) is 0 Å². The van der Waals surface area contributed by atoms with Crippen molar-refractivity contribution in [2.75, 3.05) is 0 Å². The van der Waals surface area contributed by atoms with E-state index in [1.165, 1.54) is 141 Å². The summed E-state index contributed by atoms with van der Waals surface area (Å²) in [6, 6.07) is 0. The lowest BCUT2D eigenvalue weighted by Crippen LogP contribution is -2.36. The summed E-state index contributed by atoms with van der Waals surface area (Å²) in [6.07, 6.45) is 32.1. The zero-order valence-electron chi connectivity index (χ0n) is 22.7. The van der Waals surface area contributed by atoms with E-state index in [9.17, 15) is 0 Å². The molecule has 2 atom stereocenters. The van der Waals surface area contributed by atoms with Gasteiger partial charge in [0.2, 0.25) is 0 Å². The molecule has 0 radical (unpaired) electrons. The molecular weight excluding hydrogens is 390 g/mol. The van der Waals surface area contributed by atoms with E-state index in [-0.39, 0.29) is 5.54 Å². The first kappa shape index (κ1) is 29.5. The van der Waals surface area contributed by atoms with Gasteiger partial charge in [-0.15, -0.1) is 0 Å². The molecule has 0 aromatic rings. The Kier molecular flexibility index (Phi) is 18.3. The Hall–Kier alpha value is -0.530. The molecule has 1 heterocycles. The highest BCUT2D eigenvalue weighted by molar-refractivity contribution is 5.74. The lowest BCUT2D eigenvalue weighted by molar-refractivity contribution is 0.106. The van der Waals surface area contributed by atoms with Gasteiger partial charge in [-0.2, -0.15) is 0 Å². The highest BCUT2D eigenvalue weighted by atomic mass is 16.5. The Morgan fingerprint density at radius 3 is 1.53 bits per heavy atom. The zero-order chi connectivity index (χ0) is 23.3. The van der Waals surface area contributed by atoms with Crippen LogP contribution in [0.5, 0.6) is 0 Å². The van der Waals surface area contributed by atoms with Gasteiger partial charge in [0.25, 0.3) is 0 Å². The Balaban J connectivity index is 2.06. The third-order valence-corrected chi connectivity index (χ3v) is 7.38. The predicted molar refractivity (Wildman–Crippen MR) is 144 cm³/mol. The zero-order valence-corrected chi connectivity index (χ0v) is 22.7. The van der Waals surface area contributed by atoms with E-state index in [1.807, 2.05) is 0 Å². The second-order valence-corrected chi connectivity index (χ2v) is 11.0. The maximum Gasteiger partial charge on any atom is 0.180 e. The minimum atomic E-state index is 0.117. The van der Waals surface area contributed by atoms with Crippen molar-refractivity contribution in [3.05, 3.63) is 0 Å². The molecule has 0 saturated heterocycles. The first-order valence-corrected chi connectivity index (χ1v) is 14.8. The van der Waals surface area contributed by atoms with Crippen LogP contribution in [0.15, 0.2) is 4.99 Å². The smallest absolute Gasteiger partial charge is 0.180 e. The van der Waals surface area contributed by atoms with Crippen LogP contribution in [0.1, 0.15) is 175 Å². The maximum atomic E-state index is 6.11.